The maximum atomic E-state index is 11.2. The third-order valence-electron chi connectivity index (χ3n) is 3.21. The van der Waals surface area contributed by atoms with Gasteiger partial charge < -0.3 is 10.7 Å². The topological polar surface area (TPSA) is 128 Å². The number of nitro groups is 1. The Hall–Kier alpha value is -2.65. The molecule has 1 aromatic carbocycles. The van der Waals surface area contributed by atoms with Crippen molar-refractivity contribution in [2.45, 2.75) is 10.9 Å². The zero-order chi connectivity index (χ0) is 17.3. The fourth-order valence-corrected chi connectivity index (χ4v) is 3.10. The summed E-state index contributed by atoms with van der Waals surface area (Å²) in [6, 6.07) is 5.86. The maximum Gasteiger partial charge on any atom is 0.274 e. The molecule has 3 aromatic rings. The summed E-state index contributed by atoms with van der Waals surface area (Å²) in [6.07, 6.45) is 1.49. The van der Waals surface area contributed by atoms with Gasteiger partial charge in [0.15, 0.2) is 10.8 Å². The van der Waals surface area contributed by atoms with Gasteiger partial charge in [-0.3, -0.25) is 14.9 Å². The predicted molar refractivity (Wildman–Crippen MR) is 90.1 cm³/mol. The molecule has 122 valence electrons. The number of nitro benzene ring substituents is 1. The summed E-state index contributed by atoms with van der Waals surface area (Å²) in [4.78, 5) is 33.2. The molecule has 0 aliphatic carbocycles. The van der Waals surface area contributed by atoms with Crippen molar-refractivity contribution >= 4 is 46.1 Å². The summed E-state index contributed by atoms with van der Waals surface area (Å²) in [5.74, 6) is -0.416. The van der Waals surface area contributed by atoms with Crippen molar-refractivity contribution in [3.63, 3.8) is 0 Å². The average Bonchev–Trinajstić information content (AvgIpc) is 2.94. The zero-order valence-electron chi connectivity index (χ0n) is 12.0. The van der Waals surface area contributed by atoms with Crippen LogP contribution in [0.15, 0.2) is 35.6 Å². The van der Waals surface area contributed by atoms with Crippen molar-refractivity contribution in [1.82, 2.24) is 15.0 Å². The molecule has 0 unspecified atom stereocenters. The number of carbonyl (C=O) groups is 1. The molecule has 3 N–H and O–H groups in total. The Morgan fingerprint density at radius 2 is 2.21 bits per heavy atom. The summed E-state index contributed by atoms with van der Waals surface area (Å²) in [7, 11) is 0. The van der Waals surface area contributed by atoms with Gasteiger partial charge in [-0.2, -0.15) is 0 Å². The van der Waals surface area contributed by atoms with Crippen LogP contribution in [0.4, 0.5) is 5.69 Å². The average molecular weight is 364 g/mol. The minimum Gasteiger partial charge on any atom is -0.366 e. The number of H-pyrrole nitrogens is 1. The number of fused-ring (bicyclic) bond motifs is 1. The first-order valence-electron chi connectivity index (χ1n) is 6.65. The molecule has 0 aliphatic heterocycles. The normalized spacial score (nSPS) is 10.9. The van der Waals surface area contributed by atoms with E-state index in [-0.39, 0.29) is 11.3 Å². The second-order valence-electron chi connectivity index (χ2n) is 4.82. The molecule has 0 radical (unpaired) electrons. The van der Waals surface area contributed by atoms with Gasteiger partial charge in [-0.15, -0.1) is 0 Å². The van der Waals surface area contributed by atoms with E-state index in [1.54, 1.807) is 6.07 Å². The van der Waals surface area contributed by atoms with E-state index in [9.17, 15) is 14.9 Å². The molecule has 1 amide bonds. The fourth-order valence-electron chi connectivity index (χ4n) is 2.08. The second kappa shape index (κ2) is 6.46. The number of nitrogens with one attached hydrogen (secondary N) is 1. The maximum absolute atomic E-state index is 11.2. The number of pyridine rings is 1. The fraction of sp³-hybridized carbons (Fsp3) is 0.0714. The highest BCUT2D eigenvalue weighted by atomic mass is 35.5. The van der Waals surface area contributed by atoms with Crippen molar-refractivity contribution in [3.05, 3.63) is 56.7 Å². The van der Waals surface area contributed by atoms with Gasteiger partial charge in [0.2, 0.25) is 5.91 Å². The number of aromatic nitrogens is 3. The molecule has 2 aromatic heterocycles. The smallest absolute Gasteiger partial charge is 0.274 e. The van der Waals surface area contributed by atoms with Crippen LogP contribution in [0.5, 0.6) is 0 Å². The number of carbonyl (C=O) groups excluding carboxylic acids is 1. The van der Waals surface area contributed by atoms with Gasteiger partial charge in [-0.1, -0.05) is 29.4 Å². The molecule has 0 spiro atoms. The lowest BCUT2D eigenvalue weighted by Crippen LogP contribution is -2.11. The molecular weight excluding hydrogens is 354 g/mol. The molecule has 0 saturated heterocycles. The number of imidazole rings is 1. The van der Waals surface area contributed by atoms with Crippen LogP contribution in [0.1, 0.15) is 15.9 Å². The van der Waals surface area contributed by atoms with Gasteiger partial charge in [0.1, 0.15) is 0 Å². The van der Waals surface area contributed by atoms with Crippen LogP contribution in [0, 0.1) is 10.1 Å². The summed E-state index contributed by atoms with van der Waals surface area (Å²) < 4.78 is 0. The molecule has 3 rings (SSSR count). The Bertz CT molecular complexity index is 959. The van der Waals surface area contributed by atoms with Crippen molar-refractivity contribution in [1.29, 1.82) is 0 Å². The molecule has 0 aliphatic rings. The second-order valence-corrected chi connectivity index (χ2v) is 6.22. The number of nitrogens with two attached hydrogens (primary N) is 1. The Morgan fingerprint density at radius 3 is 2.92 bits per heavy atom. The number of hydrogen-bond donors (Lipinski definition) is 2. The molecular formula is C14H10ClN5O3S. The number of rotatable bonds is 5. The Balaban J connectivity index is 1.84. The highest BCUT2D eigenvalue weighted by Gasteiger charge is 2.17. The number of amides is 1. The van der Waals surface area contributed by atoms with Crippen LogP contribution in [0.2, 0.25) is 5.02 Å². The third-order valence-corrected chi connectivity index (χ3v) is 4.34. The van der Waals surface area contributed by atoms with Crippen LogP contribution in [0.3, 0.4) is 0 Å². The first-order chi connectivity index (χ1) is 11.4. The van der Waals surface area contributed by atoms with E-state index in [1.165, 1.54) is 36.2 Å². The van der Waals surface area contributed by atoms with Crippen LogP contribution in [-0.4, -0.2) is 25.8 Å². The van der Waals surface area contributed by atoms with Crippen molar-refractivity contribution in [2.75, 3.05) is 0 Å². The largest absolute Gasteiger partial charge is 0.366 e. The van der Waals surface area contributed by atoms with Crippen LogP contribution in [-0.2, 0) is 5.75 Å². The van der Waals surface area contributed by atoms with Gasteiger partial charge in [0.05, 0.1) is 15.5 Å². The lowest BCUT2D eigenvalue weighted by molar-refractivity contribution is -0.385. The number of hydrogen-bond acceptors (Lipinski definition) is 6. The zero-order valence-corrected chi connectivity index (χ0v) is 13.6. The number of benzene rings is 1. The third kappa shape index (κ3) is 3.31. The van der Waals surface area contributed by atoms with Crippen LogP contribution in [0.25, 0.3) is 11.2 Å². The van der Waals surface area contributed by atoms with Crippen molar-refractivity contribution in [2.24, 2.45) is 5.73 Å². The molecule has 0 atom stereocenters. The first-order valence-corrected chi connectivity index (χ1v) is 8.01. The molecule has 0 bridgehead atoms. The van der Waals surface area contributed by atoms with Gasteiger partial charge in [0, 0.05) is 29.1 Å². The number of thioether (sulfide) groups is 1. The van der Waals surface area contributed by atoms with E-state index in [4.69, 9.17) is 17.3 Å². The first kappa shape index (κ1) is 16.2. The highest BCUT2D eigenvalue weighted by Crippen LogP contribution is 2.28. The minimum atomic E-state index is -0.711. The molecule has 24 heavy (non-hydrogen) atoms. The van der Waals surface area contributed by atoms with Crippen LogP contribution < -0.4 is 5.73 Å². The molecule has 10 heteroatoms. The summed E-state index contributed by atoms with van der Waals surface area (Å²) in [5, 5.41) is 12.2. The van der Waals surface area contributed by atoms with E-state index in [0.29, 0.717) is 32.7 Å². The van der Waals surface area contributed by atoms with E-state index < -0.39 is 10.8 Å². The number of halogens is 1. The van der Waals surface area contributed by atoms with E-state index in [0.717, 1.165) is 0 Å². The van der Waals surface area contributed by atoms with Gasteiger partial charge >= 0.3 is 0 Å². The Morgan fingerprint density at radius 1 is 1.42 bits per heavy atom. The molecule has 0 saturated carbocycles. The monoisotopic (exact) mass is 363 g/mol. The number of nitrogens with zero attached hydrogens (tertiary/aromatic N) is 3. The predicted octanol–water partition coefficient (Wildman–Crippen LogP) is 2.91. The lowest BCUT2D eigenvalue weighted by atomic mass is 10.1. The highest BCUT2D eigenvalue weighted by molar-refractivity contribution is 7.98. The van der Waals surface area contributed by atoms with Crippen LogP contribution >= 0.6 is 23.4 Å². The standard InChI is InChI=1S/C14H10ClN5O3S/c15-9-4-10-13(17-5-9)19-14(18-10)24-6-8-2-1-7(12(16)21)3-11(8)20(22)23/h1-5H,6H2,(H2,16,21)(H,17,18,19). The Labute approximate surface area is 144 Å². The summed E-state index contributed by atoms with van der Waals surface area (Å²) in [5.41, 5.74) is 6.75. The summed E-state index contributed by atoms with van der Waals surface area (Å²) in [6.45, 7) is 0. The Kier molecular flexibility index (Phi) is 4.36. The number of aromatic amines is 1. The van der Waals surface area contributed by atoms with Gasteiger partial charge in [-0.25, -0.2) is 9.97 Å². The van der Waals surface area contributed by atoms with E-state index in [1.807, 2.05) is 0 Å². The summed E-state index contributed by atoms with van der Waals surface area (Å²) >= 11 is 7.15. The van der Waals surface area contributed by atoms with E-state index >= 15 is 0 Å². The number of primary amides is 1. The van der Waals surface area contributed by atoms with Gasteiger partial charge in [0.25, 0.3) is 5.69 Å². The quantitative estimate of drug-likeness (QED) is 0.407. The van der Waals surface area contributed by atoms with Crippen molar-refractivity contribution < 1.29 is 9.72 Å². The van der Waals surface area contributed by atoms with Crippen molar-refractivity contribution in [3.8, 4) is 0 Å². The molecule has 2 heterocycles. The SMILES string of the molecule is NC(=O)c1ccc(CSc2nc3ncc(Cl)cc3[nH]2)c([N+](=O)[O-])c1. The van der Waals surface area contributed by atoms with Gasteiger partial charge in [-0.05, 0) is 12.1 Å². The lowest BCUT2D eigenvalue weighted by Gasteiger charge is -2.03. The molecule has 0 fully saturated rings. The van der Waals surface area contributed by atoms with E-state index in [2.05, 4.69) is 15.0 Å². The minimum absolute atomic E-state index is 0.0954. The molecule has 8 nitrogen and oxygen atoms in total.